The number of halogens is 1. The molecule has 2 aromatic heterocycles. The Morgan fingerprint density at radius 2 is 1.86 bits per heavy atom. The van der Waals surface area contributed by atoms with Gasteiger partial charge in [0.25, 0.3) is 5.91 Å². The molecule has 1 amide bonds. The molecule has 0 aliphatic heterocycles. The molecule has 5 rings (SSSR count). The van der Waals surface area contributed by atoms with E-state index in [0.29, 0.717) is 21.6 Å². The molecule has 2 aromatic carbocycles. The molecule has 28 heavy (non-hydrogen) atoms. The van der Waals surface area contributed by atoms with Gasteiger partial charge in [0.2, 0.25) is 5.13 Å². The highest BCUT2D eigenvalue weighted by atomic mass is 35.5. The molecule has 0 radical (unpaired) electrons. The average Bonchev–Trinajstić information content (AvgIpc) is 3.47. The van der Waals surface area contributed by atoms with Crippen LogP contribution in [0.25, 0.3) is 22.2 Å². The molecular formula is C21H15ClN4OS. The molecule has 1 saturated carbocycles. The fraction of sp³-hybridized carbons (Fsp3) is 0.143. The van der Waals surface area contributed by atoms with Gasteiger partial charge in [0.05, 0.1) is 16.8 Å². The molecule has 1 aliphatic rings. The van der Waals surface area contributed by atoms with E-state index in [1.165, 1.54) is 11.3 Å². The standard InChI is InChI=1S/C21H15ClN4OS/c22-14-9-7-12(8-10-14)18-11-16(15-3-1-2-4-17(15)23-18)19(27)24-21-26-25-20(28-21)13-5-6-13/h1-4,7-11,13H,5-6H2,(H,24,26,27). The maximum absolute atomic E-state index is 13.0. The van der Waals surface area contributed by atoms with Crippen LogP contribution < -0.4 is 5.32 Å². The summed E-state index contributed by atoms with van der Waals surface area (Å²) < 4.78 is 0. The Balaban J connectivity index is 1.54. The predicted octanol–water partition coefficient (Wildman–Crippen LogP) is 5.54. The first-order chi connectivity index (χ1) is 13.7. The van der Waals surface area contributed by atoms with Gasteiger partial charge in [-0.2, -0.15) is 0 Å². The number of para-hydroxylation sites is 1. The van der Waals surface area contributed by atoms with Gasteiger partial charge in [-0.1, -0.05) is 53.3 Å². The number of benzene rings is 2. The van der Waals surface area contributed by atoms with Gasteiger partial charge in [0.15, 0.2) is 0 Å². The third-order valence-corrected chi connectivity index (χ3v) is 5.94. The molecule has 0 saturated heterocycles. The highest BCUT2D eigenvalue weighted by molar-refractivity contribution is 7.15. The van der Waals surface area contributed by atoms with Crippen molar-refractivity contribution in [2.24, 2.45) is 0 Å². The molecule has 5 nitrogen and oxygen atoms in total. The number of aromatic nitrogens is 3. The lowest BCUT2D eigenvalue weighted by Gasteiger charge is -2.09. The Bertz CT molecular complexity index is 1180. The Hall–Kier alpha value is -2.83. The van der Waals surface area contributed by atoms with Gasteiger partial charge in [0, 0.05) is 21.9 Å². The first kappa shape index (κ1) is 17.3. The number of fused-ring (bicyclic) bond motifs is 1. The minimum atomic E-state index is -0.215. The molecule has 0 unspecified atom stereocenters. The Labute approximate surface area is 170 Å². The molecule has 1 aliphatic carbocycles. The van der Waals surface area contributed by atoms with Crippen molar-refractivity contribution in [3.05, 3.63) is 70.2 Å². The van der Waals surface area contributed by atoms with Gasteiger partial charge < -0.3 is 0 Å². The van der Waals surface area contributed by atoms with Gasteiger partial charge in [-0.15, -0.1) is 10.2 Å². The quantitative estimate of drug-likeness (QED) is 0.483. The molecule has 4 aromatic rings. The van der Waals surface area contributed by atoms with Crippen LogP contribution >= 0.6 is 22.9 Å². The summed E-state index contributed by atoms with van der Waals surface area (Å²) in [6.07, 6.45) is 2.31. The molecule has 1 fully saturated rings. The molecule has 138 valence electrons. The van der Waals surface area contributed by atoms with E-state index >= 15 is 0 Å². The number of carbonyl (C=O) groups excluding carboxylic acids is 1. The number of amides is 1. The van der Waals surface area contributed by atoms with Crippen molar-refractivity contribution in [2.45, 2.75) is 18.8 Å². The second kappa shape index (κ2) is 6.96. The van der Waals surface area contributed by atoms with E-state index in [0.717, 1.165) is 40.0 Å². The predicted molar refractivity (Wildman–Crippen MR) is 112 cm³/mol. The Kier molecular flexibility index (Phi) is 4.30. The number of carbonyl (C=O) groups is 1. The fourth-order valence-electron chi connectivity index (χ4n) is 3.08. The zero-order chi connectivity index (χ0) is 19.1. The number of hydrogen-bond acceptors (Lipinski definition) is 5. The van der Waals surface area contributed by atoms with Crippen LogP contribution in [-0.2, 0) is 0 Å². The topological polar surface area (TPSA) is 67.8 Å². The maximum atomic E-state index is 13.0. The van der Waals surface area contributed by atoms with Crippen LogP contribution in [0.3, 0.4) is 0 Å². The van der Waals surface area contributed by atoms with Crippen molar-refractivity contribution in [3.8, 4) is 11.3 Å². The minimum Gasteiger partial charge on any atom is -0.296 e. The summed E-state index contributed by atoms with van der Waals surface area (Å²) >= 11 is 7.45. The summed E-state index contributed by atoms with van der Waals surface area (Å²) in [5, 5.41) is 14.2. The van der Waals surface area contributed by atoms with Crippen molar-refractivity contribution in [3.63, 3.8) is 0 Å². The second-order valence-corrected chi connectivity index (χ2v) is 8.20. The third kappa shape index (κ3) is 3.37. The molecule has 2 heterocycles. The summed E-state index contributed by atoms with van der Waals surface area (Å²) in [4.78, 5) is 17.8. The first-order valence-electron chi connectivity index (χ1n) is 8.98. The van der Waals surface area contributed by atoms with Crippen molar-refractivity contribution < 1.29 is 4.79 Å². The smallest absolute Gasteiger partial charge is 0.258 e. The SMILES string of the molecule is O=C(Nc1nnc(C2CC2)s1)c1cc(-c2ccc(Cl)cc2)nc2ccccc12. The lowest BCUT2D eigenvalue weighted by atomic mass is 10.0. The van der Waals surface area contributed by atoms with Crippen LogP contribution in [0.15, 0.2) is 54.6 Å². The highest BCUT2D eigenvalue weighted by Gasteiger charge is 2.28. The third-order valence-electron chi connectivity index (χ3n) is 4.69. The number of hydrogen-bond donors (Lipinski definition) is 1. The molecule has 0 spiro atoms. The minimum absolute atomic E-state index is 0.215. The van der Waals surface area contributed by atoms with Crippen LogP contribution in [-0.4, -0.2) is 21.1 Å². The van der Waals surface area contributed by atoms with Crippen LogP contribution in [0.1, 0.15) is 34.1 Å². The molecule has 0 atom stereocenters. The number of rotatable bonds is 4. The van der Waals surface area contributed by atoms with E-state index in [1.54, 1.807) is 0 Å². The lowest BCUT2D eigenvalue weighted by molar-refractivity contribution is 0.102. The van der Waals surface area contributed by atoms with E-state index in [9.17, 15) is 4.79 Å². The summed E-state index contributed by atoms with van der Waals surface area (Å²) in [7, 11) is 0. The summed E-state index contributed by atoms with van der Waals surface area (Å²) in [6.45, 7) is 0. The molecule has 0 bridgehead atoms. The van der Waals surface area contributed by atoms with Gasteiger partial charge in [-0.25, -0.2) is 4.98 Å². The fourth-order valence-corrected chi connectivity index (χ4v) is 4.11. The Morgan fingerprint density at radius 1 is 1.07 bits per heavy atom. The average molecular weight is 407 g/mol. The molecule has 7 heteroatoms. The summed E-state index contributed by atoms with van der Waals surface area (Å²) in [5.41, 5.74) is 2.93. The first-order valence-corrected chi connectivity index (χ1v) is 10.2. The second-order valence-electron chi connectivity index (χ2n) is 6.75. The van der Waals surface area contributed by atoms with E-state index in [1.807, 2.05) is 54.6 Å². The largest absolute Gasteiger partial charge is 0.296 e. The van der Waals surface area contributed by atoms with E-state index in [2.05, 4.69) is 15.5 Å². The monoisotopic (exact) mass is 406 g/mol. The van der Waals surface area contributed by atoms with Crippen molar-refractivity contribution in [1.29, 1.82) is 0 Å². The van der Waals surface area contributed by atoms with Gasteiger partial charge in [-0.3, -0.25) is 10.1 Å². The maximum Gasteiger partial charge on any atom is 0.258 e. The number of nitrogens with one attached hydrogen (secondary N) is 1. The van der Waals surface area contributed by atoms with Crippen LogP contribution in [0.4, 0.5) is 5.13 Å². The number of pyridine rings is 1. The van der Waals surface area contributed by atoms with Crippen LogP contribution in [0.2, 0.25) is 5.02 Å². The molecule has 1 N–H and O–H groups in total. The summed E-state index contributed by atoms with van der Waals surface area (Å²) in [6, 6.07) is 16.8. The Morgan fingerprint density at radius 3 is 2.64 bits per heavy atom. The van der Waals surface area contributed by atoms with E-state index < -0.39 is 0 Å². The number of nitrogens with zero attached hydrogens (tertiary/aromatic N) is 3. The highest BCUT2D eigenvalue weighted by Crippen LogP contribution is 2.42. The zero-order valence-electron chi connectivity index (χ0n) is 14.7. The van der Waals surface area contributed by atoms with Crippen molar-refractivity contribution in [2.75, 3.05) is 5.32 Å². The normalized spacial score (nSPS) is 13.6. The van der Waals surface area contributed by atoms with E-state index in [4.69, 9.17) is 16.6 Å². The van der Waals surface area contributed by atoms with Crippen LogP contribution in [0, 0.1) is 0 Å². The number of anilines is 1. The van der Waals surface area contributed by atoms with E-state index in [-0.39, 0.29) is 5.91 Å². The van der Waals surface area contributed by atoms with Crippen molar-refractivity contribution in [1.82, 2.24) is 15.2 Å². The summed E-state index contributed by atoms with van der Waals surface area (Å²) in [5.74, 6) is 0.300. The van der Waals surface area contributed by atoms with Gasteiger partial charge >= 0.3 is 0 Å². The lowest BCUT2D eigenvalue weighted by Crippen LogP contribution is -2.13. The van der Waals surface area contributed by atoms with Gasteiger partial charge in [0.1, 0.15) is 5.01 Å². The zero-order valence-corrected chi connectivity index (χ0v) is 16.3. The molecular weight excluding hydrogens is 392 g/mol. The van der Waals surface area contributed by atoms with Crippen molar-refractivity contribution >= 4 is 44.9 Å². The van der Waals surface area contributed by atoms with Gasteiger partial charge in [-0.05, 0) is 37.1 Å². The van der Waals surface area contributed by atoms with Crippen LogP contribution in [0.5, 0.6) is 0 Å².